The average Bonchev–Trinajstić information content (AvgIpc) is 2.76. The van der Waals surface area contributed by atoms with Gasteiger partial charge in [0.15, 0.2) is 5.65 Å². The molecule has 0 amide bonds. The summed E-state index contributed by atoms with van der Waals surface area (Å²) in [4.78, 5) is 9.20. The van der Waals surface area contributed by atoms with Crippen LogP contribution in [0.5, 0.6) is 5.88 Å². The van der Waals surface area contributed by atoms with Gasteiger partial charge in [0, 0.05) is 31.5 Å². The minimum absolute atomic E-state index is 0.340. The van der Waals surface area contributed by atoms with Crippen molar-refractivity contribution in [3.05, 3.63) is 18.0 Å². The summed E-state index contributed by atoms with van der Waals surface area (Å²) < 4.78 is 12.8. The van der Waals surface area contributed by atoms with Crippen LogP contribution in [-0.4, -0.2) is 40.7 Å². The number of imidazole rings is 1. The van der Waals surface area contributed by atoms with Gasteiger partial charge >= 0.3 is 0 Å². The molecule has 20 heavy (non-hydrogen) atoms. The Hall–Kier alpha value is -1.33. The summed E-state index contributed by atoms with van der Waals surface area (Å²) in [6.07, 6.45) is 3.08. The molecule has 5 nitrogen and oxygen atoms in total. The molecule has 1 fully saturated rings. The Balaban J connectivity index is 2.03. The Bertz CT molecular complexity index is 608. The van der Waals surface area contributed by atoms with Gasteiger partial charge in [0.1, 0.15) is 11.3 Å². The molecule has 0 aromatic carbocycles. The van der Waals surface area contributed by atoms with Crippen molar-refractivity contribution in [2.75, 3.05) is 20.1 Å². The molecule has 2 heterocycles. The van der Waals surface area contributed by atoms with Gasteiger partial charge in [-0.15, -0.1) is 11.6 Å². The van der Waals surface area contributed by atoms with Crippen molar-refractivity contribution in [2.45, 2.75) is 31.4 Å². The number of ether oxygens (including phenoxy) is 2. The van der Waals surface area contributed by atoms with Crippen LogP contribution in [0.1, 0.15) is 24.7 Å². The van der Waals surface area contributed by atoms with E-state index in [1.807, 2.05) is 12.1 Å². The smallest absolute Gasteiger partial charge is 0.215 e. The molecule has 1 aliphatic carbocycles. The van der Waals surface area contributed by atoms with E-state index in [0.29, 0.717) is 23.9 Å². The highest BCUT2D eigenvalue weighted by atomic mass is 35.5. The third kappa shape index (κ3) is 2.25. The molecule has 1 aliphatic rings. The number of halogens is 1. The normalized spacial score (nSPS) is 21.9. The maximum absolute atomic E-state index is 5.89. The summed E-state index contributed by atoms with van der Waals surface area (Å²) in [5, 5.41) is 0. The van der Waals surface area contributed by atoms with Crippen LogP contribution in [0.15, 0.2) is 12.1 Å². The molecule has 0 N–H and O–H groups in total. The topological polar surface area (TPSA) is 49.2 Å². The second kappa shape index (κ2) is 5.58. The largest absolute Gasteiger partial charge is 0.481 e. The fraction of sp³-hybridized carbons (Fsp3) is 0.571. The Morgan fingerprint density at radius 3 is 2.75 bits per heavy atom. The van der Waals surface area contributed by atoms with Crippen LogP contribution in [0, 0.1) is 0 Å². The van der Waals surface area contributed by atoms with E-state index in [1.54, 1.807) is 14.2 Å². The number of methoxy groups -OCH3 is 2. The number of alkyl halides is 1. The average molecular weight is 296 g/mol. The Labute approximate surface area is 122 Å². The molecule has 1 saturated carbocycles. The van der Waals surface area contributed by atoms with E-state index in [-0.39, 0.29) is 0 Å². The first-order chi connectivity index (χ1) is 9.76. The lowest BCUT2D eigenvalue weighted by Gasteiger charge is -2.36. The van der Waals surface area contributed by atoms with E-state index >= 15 is 0 Å². The zero-order chi connectivity index (χ0) is 14.1. The third-order valence-electron chi connectivity index (χ3n) is 3.88. The number of fused-ring (bicyclic) bond motifs is 1. The number of aryl methyl sites for hydroxylation is 1. The molecule has 2 aromatic heterocycles. The van der Waals surface area contributed by atoms with E-state index < -0.39 is 0 Å². The monoisotopic (exact) mass is 295 g/mol. The van der Waals surface area contributed by atoms with Gasteiger partial charge in [-0.1, -0.05) is 0 Å². The van der Waals surface area contributed by atoms with Crippen LogP contribution in [0.4, 0.5) is 0 Å². The van der Waals surface area contributed by atoms with Crippen LogP contribution >= 0.6 is 11.6 Å². The molecular formula is C14H18ClN3O2. The van der Waals surface area contributed by atoms with Gasteiger partial charge in [0.2, 0.25) is 5.88 Å². The fourth-order valence-electron chi connectivity index (χ4n) is 2.70. The van der Waals surface area contributed by atoms with E-state index in [4.69, 9.17) is 21.1 Å². The lowest BCUT2D eigenvalue weighted by atomic mass is 9.89. The first-order valence-corrected chi connectivity index (χ1v) is 7.31. The first kappa shape index (κ1) is 13.6. The van der Waals surface area contributed by atoms with Crippen molar-refractivity contribution < 1.29 is 9.47 Å². The molecule has 0 atom stereocenters. The second-order valence-corrected chi connectivity index (χ2v) is 5.39. The van der Waals surface area contributed by atoms with Crippen LogP contribution in [0.25, 0.3) is 11.2 Å². The van der Waals surface area contributed by atoms with E-state index in [9.17, 15) is 0 Å². The standard InChI is InChI=1S/C14H18ClN3O2/c1-19-10-7-9(8-10)18-12(5-6-15)16-11-3-4-13(20-2)17-14(11)18/h3-4,9-10H,5-8H2,1-2H3. The number of aromatic nitrogens is 3. The van der Waals surface area contributed by atoms with Gasteiger partial charge in [-0.25, -0.2) is 4.98 Å². The van der Waals surface area contributed by atoms with E-state index in [1.165, 1.54) is 0 Å². The summed E-state index contributed by atoms with van der Waals surface area (Å²) >= 11 is 5.89. The maximum Gasteiger partial charge on any atom is 0.215 e. The van der Waals surface area contributed by atoms with Crippen LogP contribution in [0.2, 0.25) is 0 Å². The Kier molecular flexibility index (Phi) is 3.81. The van der Waals surface area contributed by atoms with Gasteiger partial charge < -0.3 is 14.0 Å². The van der Waals surface area contributed by atoms with Crippen LogP contribution < -0.4 is 4.74 Å². The molecule has 3 rings (SSSR count). The summed E-state index contributed by atoms with van der Waals surface area (Å²) in [6, 6.07) is 4.17. The van der Waals surface area contributed by atoms with Crippen molar-refractivity contribution in [3.63, 3.8) is 0 Å². The van der Waals surface area contributed by atoms with Gasteiger partial charge in [-0.3, -0.25) is 0 Å². The molecule has 6 heteroatoms. The SMILES string of the molecule is COc1ccc2nc(CCCl)n(C3CC(OC)C3)c2n1. The molecule has 2 aromatic rings. The van der Waals surface area contributed by atoms with Crippen molar-refractivity contribution in [1.82, 2.24) is 14.5 Å². The number of nitrogens with zero attached hydrogens (tertiary/aromatic N) is 3. The van der Waals surface area contributed by atoms with E-state index in [2.05, 4.69) is 14.5 Å². The third-order valence-corrected chi connectivity index (χ3v) is 4.07. The lowest BCUT2D eigenvalue weighted by molar-refractivity contribution is 0.00648. The summed E-state index contributed by atoms with van der Waals surface area (Å²) in [5.74, 6) is 2.16. The molecule has 0 unspecified atom stereocenters. The van der Waals surface area contributed by atoms with Gasteiger partial charge in [-0.2, -0.15) is 4.98 Å². The Morgan fingerprint density at radius 1 is 1.30 bits per heavy atom. The fourth-order valence-corrected chi connectivity index (χ4v) is 2.87. The zero-order valence-electron chi connectivity index (χ0n) is 11.7. The number of hydrogen-bond acceptors (Lipinski definition) is 4. The predicted molar refractivity (Wildman–Crippen MR) is 77.6 cm³/mol. The summed E-state index contributed by atoms with van der Waals surface area (Å²) in [7, 11) is 3.38. The molecule has 0 saturated heterocycles. The molecular weight excluding hydrogens is 278 g/mol. The Morgan fingerprint density at radius 2 is 2.10 bits per heavy atom. The van der Waals surface area contributed by atoms with E-state index in [0.717, 1.165) is 36.3 Å². The highest BCUT2D eigenvalue weighted by Gasteiger charge is 2.33. The van der Waals surface area contributed by atoms with Crippen molar-refractivity contribution >= 4 is 22.8 Å². The van der Waals surface area contributed by atoms with Gasteiger partial charge in [0.05, 0.1) is 13.2 Å². The van der Waals surface area contributed by atoms with Crippen LogP contribution in [0.3, 0.4) is 0 Å². The summed E-state index contributed by atoms with van der Waals surface area (Å²) in [5.41, 5.74) is 1.77. The number of pyridine rings is 1. The molecule has 0 aliphatic heterocycles. The lowest BCUT2D eigenvalue weighted by Crippen LogP contribution is -2.33. The first-order valence-electron chi connectivity index (χ1n) is 6.77. The van der Waals surface area contributed by atoms with Crippen molar-refractivity contribution in [3.8, 4) is 5.88 Å². The predicted octanol–water partition coefficient (Wildman–Crippen LogP) is 2.57. The molecule has 108 valence electrons. The number of hydrogen-bond donors (Lipinski definition) is 0. The minimum Gasteiger partial charge on any atom is -0.481 e. The highest BCUT2D eigenvalue weighted by molar-refractivity contribution is 6.17. The molecule has 0 bridgehead atoms. The molecule has 0 spiro atoms. The second-order valence-electron chi connectivity index (χ2n) is 5.02. The van der Waals surface area contributed by atoms with Crippen molar-refractivity contribution in [2.24, 2.45) is 0 Å². The summed E-state index contributed by atoms with van der Waals surface area (Å²) in [6.45, 7) is 0. The van der Waals surface area contributed by atoms with Gasteiger partial charge in [-0.05, 0) is 18.9 Å². The number of rotatable bonds is 5. The molecule has 0 radical (unpaired) electrons. The quantitative estimate of drug-likeness (QED) is 0.796. The maximum atomic E-state index is 5.89. The zero-order valence-corrected chi connectivity index (χ0v) is 12.4. The van der Waals surface area contributed by atoms with Crippen molar-refractivity contribution in [1.29, 1.82) is 0 Å². The van der Waals surface area contributed by atoms with Crippen LogP contribution in [-0.2, 0) is 11.2 Å². The highest BCUT2D eigenvalue weighted by Crippen LogP contribution is 2.37. The van der Waals surface area contributed by atoms with Gasteiger partial charge in [0.25, 0.3) is 0 Å². The minimum atomic E-state index is 0.340.